The molecule has 19 heavy (non-hydrogen) atoms. The van der Waals surface area contributed by atoms with Crippen LogP contribution in [0.2, 0.25) is 0 Å². The van der Waals surface area contributed by atoms with Gasteiger partial charge in [0.2, 0.25) is 5.91 Å². The van der Waals surface area contributed by atoms with Crippen molar-refractivity contribution in [3.05, 3.63) is 0 Å². The van der Waals surface area contributed by atoms with Crippen molar-refractivity contribution in [1.82, 2.24) is 10.2 Å². The number of nitrogens with one attached hydrogen (secondary N) is 1. The molecule has 0 spiro atoms. The molecule has 0 aromatic carbocycles. The highest BCUT2D eigenvalue weighted by molar-refractivity contribution is 7.90. The lowest BCUT2D eigenvalue weighted by Gasteiger charge is -2.27. The fraction of sp³-hybridized carbons (Fsp3) is 0.923. The van der Waals surface area contributed by atoms with Crippen LogP contribution in [0, 0.1) is 5.92 Å². The normalized spacial score (nSPS) is 19.9. The van der Waals surface area contributed by atoms with Crippen LogP contribution in [-0.4, -0.2) is 56.9 Å². The molecule has 1 saturated heterocycles. The van der Waals surface area contributed by atoms with Gasteiger partial charge < -0.3 is 10.2 Å². The molecule has 1 amide bonds. The summed E-state index contributed by atoms with van der Waals surface area (Å²) in [5, 5.41) is 3.38. The van der Waals surface area contributed by atoms with E-state index in [1.54, 1.807) is 0 Å². The van der Waals surface area contributed by atoms with E-state index >= 15 is 0 Å². The molecule has 0 saturated carbocycles. The monoisotopic (exact) mass is 290 g/mol. The zero-order chi connectivity index (χ0) is 14.5. The number of hydrogen-bond donors (Lipinski definition) is 1. The summed E-state index contributed by atoms with van der Waals surface area (Å²) >= 11 is 0. The van der Waals surface area contributed by atoms with Gasteiger partial charge in [-0.05, 0) is 25.3 Å². The highest BCUT2D eigenvalue weighted by Gasteiger charge is 2.22. The minimum atomic E-state index is -3.07. The van der Waals surface area contributed by atoms with E-state index in [1.807, 2.05) is 4.90 Å². The largest absolute Gasteiger partial charge is 0.341 e. The van der Waals surface area contributed by atoms with Crippen LogP contribution in [0.15, 0.2) is 0 Å². The molecule has 0 radical (unpaired) electrons. The van der Waals surface area contributed by atoms with Crippen LogP contribution in [0.3, 0.4) is 0 Å². The van der Waals surface area contributed by atoms with Crippen LogP contribution in [0.5, 0.6) is 0 Å². The molecular weight excluding hydrogens is 264 g/mol. The van der Waals surface area contributed by atoms with Crippen molar-refractivity contribution < 1.29 is 13.2 Å². The molecule has 5 nitrogen and oxygen atoms in total. The maximum absolute atomic E-state index is 12.1. The van der Waals surface area contributed by atoms with Crippen molar-refractivity contribution in [2.45, 2.75) is 39.2 Å². The predicted octanol–water partition coefficient (Wildman–Crippen LogP) is 0.658. The van der Waals surface area contributed by atoms with E-state index in [9.17, 15) is 13.2 Å². The summed E-state index contributed by atoms with van der Waals surface area (Å²) in [5.74, 6) is 0.287. The smallest absolute Gasteiger partial charge is 0.223 e. The van der Waals surface area contributed by atoms with Crippen LogP contribution in [0.1, 0.15) is 33.1 Å². The molecule has 1 aliphatic heterocycles. The van der Waals surface area contributed by atoms with Crippen molar-refractivity contribution in [2.75, 3.05) is 31.6 Å². The molecule has 1 aliphatic rings. The SMILES string of the molecule is CC(C)CN(CC1CCCN1)C(=O)CCS(C)(=O)=O. The lowest BCUT2D eigenvalue weighted by atomic mass is 10.1. The first kappa shape index (κ1) is 16.4. The number of sulfone groups is 1. The van der Waals surface area contributed by atoms with Crippen LogP contribution in [-0.2, 0) is 14.6 Å². The fourth-order valence-electron chi connectivity index (χ4n) is 2.33. The molecule has 1 heterocycles. The Morgan fingerprint density at radius 3 is 2.58 bits per heavy atom. The second kappa shape index (κ2) is 7.24. The number of carbonyl (C=O) groups excluding carboxylic acids is 1. The molecule has 6 heteroatoms. The van der Waals surface area contributed by atoms with E-state index in [4.69, 9.17) is 0 Å². The summed E-state index contributed by atoms with van der Waals surface area (Å²) in [7, 11) is -3.07. The summed E-state index contributed by atoms with van der Waals surface area (Å²) in [4.78, 5) is 14.0. The summed E-state index contributed by atoms with van der Waals surface area (Å²) in [6, 6.07) is 0.362. The van der Waals surface area contributed by atoms with Gasteiger partial charge in [-0.25, -0.2) is 8.42 Å². The molecule has 0 bridgehead atoms. The number of amides is 1. The Bertz CT molecular complexity index is 387. The van der Waals surface area contributed by atoms with E-state index in [1.165, 1.54) is 6.26 Å². The molecule has 1 unspecified atom stereocenters. The third kappa shape index (κ3) is 6.92. The standard InChI is InChI=1S/C13H26N2O3S/c1-11(2)9-15(10-12-5-4-7-14-12)13(16)6-8-19(3,17)18/h11-12,14H,4-10H2,1-3H3. The first-order valence-electron chi connectivity index (χ1n) is 6.97. The summed E-state index contributed by atoms with van der Waals surface area (Å²) in [6.07, 6.45) is 3.51. The maximum Gasteiger partial charge on any atom is 0.223 e. The topological polar surface area (TPSA) is 66.5 Å². The maximum atomic E-state index is 12.1. The Kier molecular flexibility index (Phi) is 6.26. The number of carbonyl (C=O) groups is 1. The highest BCUT2D eigenvalue weighted by Crippen LogP contribution is 2.10. The number of hydrogen-bond acceptors (Lipinski definition) is 4. The summed E-state index contributed by atoms with van der Waals surface area (Å²) in [6.45, 7) is 6.54. The van der Waals surface area contributed by atoms with Crippen LogP contribution >= 0.6 is 0 Å². The molecular formula is C13H26N2O3S. The van der Waals surface area contributed by atoms with Gasteiger partial charge in [-0.3, -0.25) is 4.79 Å². The van der Waals surface area contributed by atoms with E-state index in [0.717, 1.165) is 19.4 Å². The van der Waals surface area contributed by atoms with Gasteiger partial charge in [0.05, 0.1) is 5.75 Å². The molecule has 0 aromatic heterocycles. The molecule has 1 N–H and O–H groups in total. The van der Waals surface area contributed by atoms with Gasteiger partial charge in [0.1, 0.15) is 9.84 Å². The first-order chi connectivity index (χ1) is 8.78. The molecule has 1 fully saturated rings. The fourth-order valence-corrected chi connectivity index (χ4v) is 2.87. The second-order valence-corrected chi connectivity index (χ2v) is 8.13. The van der Waals surface area contributed by atoms with E-state index in [2.05, 4.69) is 19.2 Å². The Hall–Kier alpha value is -0.620. The lowest BCUT2D eigenvalue weighted by molar-refractivity contribution is -0.131. The molecule has 1 atom stereocenters. The number of rotatable bonds is 7. The summed E-state index contributed by atoms with van der Waals surface area (Å²) < 4.78 is 22.3. The van der Waals surface area contributed by atoms with E-state index in [0.29, 0.717) is 25.0 Å². The minimum absolute atomic E-state index is 0.0483. The van der Waals surface area contributed by atoms with Gasteiger partial charge in [0.25, 0.3) is 0 Å². The third-order valence-electron chi connectivity index (χ3n) is 3.23. The van der Waals surface area contributed by atoms with Crippen LogP contribution < -0.4 is 5.32 Å². The molecule has 112 valence electrons. The van der Waals surface area contributed by atoms with Crippen molar-refractivity contribution in [3.8, 4) is 0 Å². The van der Waals surface area contributed by atoms with Crippen molar-refractivity contribution in [1.29, 1.82) is 0 Å². The zero-order valence-electron chi connectivity index (χ0n) is 12.2. The van der Waals surface area contributed by atoms with Gasteiger partial charge in [0, 0.05) is 31.8 Å². The molecule has 0 aromatic rings. The van der Waals surface area contributed by atoms with Gasteiger partial charge in [-0.1, -0.05) is 13.8 Å². The zero-order valence-corrected chi connectivity index (χ0v) is 13.0. The highest BCUT2D eigenvalue weighted by atomic mass is 32.2. The average molecular weight is 290 g/mol. The number of nitrogens with zero attached hydrogens (tertiary/aromatic N) is 1. The summed E-state index contributed by atoms with van der Waals surface area (Å²) in [5.41, 5.74) is 0. The van der Waals surface area contributed by atoms with Gasteiger partial charge in [0.15, 0.2) is 0 Å². The van der Waals surface area contributed by atoms with Gasteiger partial charge >= 0.3 is 0 Å². The predicted molar refractivity (Wildman–Crippen MR) is 76.8 cm³/mol. The van der Waals surface area contributed by atoms with Gasteiger partial charge in [-0.2, -0.15) is 0 Å². The quantitative estimate of drug-likeness (QED) is 0.748. The van der Waals surface area contributed by atoms with Crippen LogP contribution in [0.25, 0.3) is 0 Å². The average Bonchev–Trinajstić information content (AvgIpc) is 2.76. The third-order valence-corrected chi connectivity index (χ3v) is 4.17. The van der Waals surface area contributed by atoms with Crippen LogP contribution in [0.4, 0.5) is 0 Å². The Morgan fingerprint density at radius 2 is 2.11 bits per heavy atom. The first-order valence-corrected chi connectivity index (χ1v) is 9.03. The molecule has 1 rings (SSSR count). The lowest BCUT2D eigenvalue weighted by Crippen LogP contribution is -2.43. The van der Waals surface area contributed by atoms with Crippen molar-refractivity contribution in [3.63, 3.8) is 0 Å². The van der Waals surface area contributed by atoms with Crippen molar-refractivity contribution in [2.24, 2.45) is 5.92 Å². The van der Waals surface area contributed by atoms with Crippen molar-refractivity contribution >= 4 is 15.7 Å². The Morgan fingerprint density at radius 1 is 1.42 bits per heavy atom. The van der Waals surface area contributed by atoms with E-state index in [-0.39, 0.29) is 18.1 Å². The minimum Gasteiger partial charge on any atom is -0.341 e. The Labute approximate surface area is 116 Å². The second-order valence-electron chi connectivity index (χ2n) is 5.87. The molecule has 0 aliphatic carbocycles. The van der Waals surface area contributed by atoms with E-state index < -0.39 is 9.84 Å². The van der Waals surface area contributed by atoms with Gasteiger partial charge in [-0.15, -0.1) is 0 Å². The Balaban J connectivity index is 2.53.